The summed E-state index contributed by atoms with van der Waals surface area (Å²) in [6, 6.07) is 14.5. The molecule has 0 unspecified atom stereocenters. The second-order valence-corrected chi connectivity index (χ2v) is 6.64. The Kier molecular flexibility index (Phi) is 5.08. The summed E-state index contributed by atoms with van der Waals surface area (Å²) in [5, 5.41) is 2.93. The van der Waals surface area contributed by atoms with Gasteiger partial charge in [-0.05, 0) is 58.6 Å². The molecule has 0 bridgehead atoms. The lowest BCUT2D eigenvalue weighted by Gasteiger charge is -2.21. The van der Waals surface area contributed by atoms with Gasteiger partial charge in [-0.25, -0.2) is 4.39 Å². The van der Waals surface area contributed by atoms with Gasteiger partial charge in [-0.3, -0.25) is 9.69 Å². The predicted molar refractivity (Wildman–Crippen MR) is 92.6 cm³/mol. The molecule has 0 aromatic heterocycles. The summed E-state index contributed by atoms with van der Waals surface area (Å²) >= 11 is 3.43. The van der Waals surface area contributed by atoms with Gasteiger partial charge in [0, 0.05) is 17.1 Å². The molecule has 1 N–H and O–H groups in total. The van der Waals surface area contributed by atoms with Crippen LogP contribution in [0, 0.1) is 5.82 Å². The zero-order chi connectivity index (χ0) is 16.2. The molecule has 2 aromatic rings. The van der Waals surface area contributed by atoms with Gasteiger partial charge in [-0.2, -0.15) is 0 Å². The molecule has 3 rings (SSSR count). The van der Waals surface area contributed by atoms with Crippen molar-refractivity contribution in [3.05, 3.63) is 64.4 Å². The van der Waals surface area contributed by atoms with E-state index < -0.39 is 0 Å². The third-order valence-corrected chi connectivity index (χ3v) is 4.55. The normalized spacial score (nSPS) is 14.0. The zero-order valence-corrected chi connectivity index (χ0v) is 14.2. The molecular formula is C18H18BrFN2O. The summed E-state index contributed by atoms with van der Waals surface area (Å²) in [7, 11) is 0. The first-order valence-corrected chi connectivity index (χ1v) is 8.44. The fraction of sp³-hybridized carbons (Fsp3) is 0.278. The first-order valence-electron chi connectivity index (χ1n) is 7.65. The van der Waals surface area contributed by atoms with E-state index in [9.17, 15) is 9.18 Å². The van der Waals surface area contributed by atoms with E-state index in [1.807, 2.05) is 24.3 Å². The molecule has 5 heteroatoms. The molecule has 0 saturated heterocycles. The number of nitrogens with one attached hydrogen (secondary N) is 1. The van der Waals surface area contributed by atoms with E-state index in [0.717, 1.165) is 28.6 Å². The number of benzene rings is 2. The number of carbonyl (C=O) groups is 1. The van der Waals surface area contributed by atoms with Gasteiger partial charge in [0.05, 0.1) is 12.2 Å². The molecule has 2 aromatic carbocycles. The third-order valence-electron chi connectivity index (χ3n) is 3.86. The fourth-order valence-corrected chi connectivity index (χ4v) is 2.90. The molecule has 0 spiro atoms. The summed E-state index contributed by atoms with van der Waals surface area (Å²) in [5.41, 5.74) is 1.79. The van der Waals surface area contributed by atoms with Crippen LogP contribution >= 0.6 is 15.9 Å². The Morgan fingerprint density at radius 3 is 2.52 bits per heavy atom. The van der Waals surface area contributed by atoms with Crippen molar-refractivity contribution in [3.63, 3.8) is 0 Å². The van der Waals surface area contributed by atoms with Crippen LogP contribution in [0.25, 0.3) is 0 Å². The van der Waals surface area contributed by atoms with Gasteiger partial charge in [-0.15, -0.1) is 0 Å². The van der Waals surface area contributed by atoms with Gasteiger partial charge in [-0.1, -0.05) is 24.3 Å². The number of anilines is 1. The van der Waals surface area contributed by atoms with Gasteiger partial charge in [0.2, 0.25) is 5.91 Å². The highest BCUT2D eigenvalue weighted by atomic mass is 79.9. The van der Waals surface area contributed by atoms with Crippen molar-refractivity contribution in [1.29, 1.82) is 0 Å². The lowest BCUT2D eigenvalue weighted by molar-refractivity contribution is -0.117. The molecule has 0 radical (unpaired) electrons. The van der Waals surface area contributed by atoms with Gasteiger partial charge in [0.1, 0.15) is 5.82 Å². The van der Waals surface area contributed by atoms with E-state index in [1.54, 1.807) is 12.1 Å². The van der Waals surface area contributed by atoms with Gasteiger partial charge in [0.25, 0.3) is 0 Å². The van der Waals surface area contributed by atoms with Crippen molar-refractivity contribution in [2.75, 3.05) is 11.9 Å². The number of rotatable bonds is 6. The monoisotopic (exact) mass is 376 g/mol. The van der Waals surface area contributed by atoms with Crippen molar-refractivity contribution < 1.29 is 9.18 Å². The maximum atomic E-state index is 13.0. The maximum absolute atomic E-state index is 13.0. The SMILES string of the molecule is O=C(CN(Cc1ccc(F)cc1)C1CC1)Nc1ccccc1Br. The smallest absolute Gasteiger partial charge is 0.238 e. The highest BCUT2D eigenvalue weighted by molar-refractivity contribution is 9.10. The minimum atomic E-state index is -0.238. The first kappa shape index (κ1) is 16.1. The van der Waals surface area contributed by atoms with Crippen LogP contribution in [-0.4, -0.2) is 23.4 Å². The molecule has 1 aliphatic rings. The summed E-state index contributed by atoms with van der Waals surface area (Å²) in [6.45, 7) is 0.998. The highest BCUT2D eigenvalue weighted by Gasteiger charge is 2.30. The zero-order valence-electron chi connectivity index (χ0n) is 12.6. The lowest BCUT2D eigenvalue weighted by atomic mass is 10.2. The van der Waals surface area contributed by atoms with E-state index >= 15 is 0 Å². The van der Waals surface area contributed by atoms with Gasteiger partial charge < -0.3 is 5.32 Å². The Balaban J connectivity index is 1.62. The first-order chi connectivity index (χ1) is 11.1. The van der Waals surface area contributed by atoms with Crippen molar-refractivity contribution in [2.45, 2.75) is 25.4 Å². The van der Waals surface area contributed by atoms with Crippen LogP contribution in [0.15, 0.2) is 53.0 Å². The number of halogens is 2. The molecule has 120 valence electrons. The van der Waals surface area contributed by atoms with Gasteiger partial charge >= 0.3 is 0 Å². The number of amides is 1. The van der Waals surface area contributed by atoms with E-state index in [1.165, 1.54) is 12.1 Å². The molecule has 1 amide bonds. The summed E-state index contributed by atoms with van der Waals surface area (Å²) in [5.74, 6) is -0.274. The Morgan fingerprint density at radius 2 is 1.87 bits per heavy atom. The highest BCUT2D eigenvalue weighted by Crippen LogP contribution is 2.28. The standard InChI is InChI=1S/C18H18BrFN2O/c19-16-3-1-2-4-17(16)21-18(23)12-22(15-9-10-15)11-13-5-7-14(20)8-6-13/h1-8,15H,9-12H2,(H,21,23). The minimum absolute atomic E-state index is 0.0362. The van der Waals surface area contributed by atoms with Crippen molar-refractivity contribution in [1.82, 2.24) is 4.90 Å². The predicted octanol–water partition coefficient (Wildman–Crippen LogP) is 4.19. The Morgan fingerprint density at radius 1 is 1.17 bits per heavy atom. The number of para-hydroxylation sites is 1. The second-order valence-electron chi connectivity index (χ2n) is 5.79. The molecule has 0 aliphatic heterocycles. The molecule has 0 atom stereocenters. The van der Waals surface area contributed by atoms with Crippen LogP contribution in [0.5, 0.6) is 0 Å². The molecule has 1 saturated carbocycles. The van der Waals surface area contributed by atoms with E-state index in [0.29, 0.717) is 19.1 Å². The van der Waals surface area contributed by atoms with Crippen LogP contribution in [0.2, 0.25) is 0 Å². The van der Waals surface area contributed by atoms with Crippen LogP contribution < -0.4 is 5.32 Å². The molecule has 0 heterocycles. The van der Waals surface area contributed by atoms with E-state index in [-0.39, 0.29) is 11.7 Å². The third kappa shape index (κ3) is 4.62. The fourth-order valence-electron chi connectivity index (χ4n) is 2.51. The summed E-state index contributed by atoms with van der Waals surface area (Å²) in [6.07, 6.45) is 2.23. The topological polar surface area (TPSA) is 32.3 Å². The molecule has 23 heavy (non-hydrogen) atoms. The van der Waals surface area contributed by atoms with Gasteiger partial charge in [0.15, 0.2) is 0 Å². The molecule has 3 nitrogen and oxygen atoms in total. The molecule has 1 aliphatic carbocycles. The Hall–Kier alpha value is -1.72. The van der Waals surface area contributed by atoms with E-state index in [4.69, 9.17) is 0 Å². The van der Waals surface area contributed by atoms with Crippen LogP contribution in [0.1, 0.15) is 18.4 Å². The summed E-state index contributed by atoms with van der Waals surface area (Å²) in [4.78, 5) is 14.5. The van der Waals surface area contributed by atoms with E-state index in [2.05, 4.69) is 26.1 Å². The number of carbonyl (C=O) groups excluding carboxylic acids is 1. The average Bonchev–Trinajstić information content (AvgIpc) is 3.36. The van der Waals surface area contributed by atoms with Crippen LogP contribution in [0.3, 0.4) is 0 Å². The minimum Gasteiger partial charge on any atom is -0.324 e. The second kappa shape index (κ2) is 7.23. The average molecular weight is 377 g/mol. The van der Waals surface area contributed by atoms with Crippen molar-refractivity contribution in [2.24, 2.45) is 0 Å². The number of hydrogen-bond donors (Lipinski definition) is 1. The lowest BCUT2D eigenvalue weighted by Crippen LogP contribution is -2.34. The van der Waals surface area contributed by atoms with Crippen molar-refractivity contribution in [3.8, 4) is 0 Å². The largest absolute Gasteiger partial charge is 0.324 e. The summed E-state index contributed by atoms with van der Waals surface area (Å²) < 4.78 is 13.9. The van der Waals surface area contributed by atoms with Crippen molar-refractivity contribution >= 4 is 27.5 Å². The Bertz CT molecular complexity index is 686. The Labute approximate surface area is 143 Å². The number of hydrogen-bond acceptors (Lipinski definition) is 2. The maximum Gasteiger partial charge on any atom is 0.238 e. The molecule has 1 fully saturated rings. The van der Waals surface area contributed by atoms with Crippen LogP contribution in [0.4, 0.5) is 10.1 Å². The molecular weight excluding hydrogens is 359 g/mol. The quantitative estimate of drug-likeness (QED) is 0.819. The number of nitrogens with zero attached hydrogens (tertiary/aromatic N) is 1. The van der Waals surface area contributed by atoms with Crippen LogP contribution in [-0.2, 0) is 11.3 Å².